The van der Waals surface area contributed by atoms with Crippen molar-refractivity contribution < 1.29 is 0 Å². The van der Waals surface area contributed by atoms with Gasteiger partial charge in [0.25, 0.3) is 0 Å². The van der Waals surface area contributed by atoms with Crippen LogP contribution in [0, 0.1) is 6.92 Å². The standard InChI is InChI=1S/C19H25NS/c1-16-7-6-8-18(15-16)12-11-17(2)20-13-14-21-19-9-4-3-5-10-19/h3-10,15,17,20H,11-14H2,1-2H3. The predicted molar refractivity (Wildman–Crippen MR) is 94.1 cm³/mol. The highest BCUT2D eigenvalue weighted by atomic mass is 32.2. The van der Waals surface area contributed by atoms with E-state index in [1.54, 1.807) is 0 Å². The quantitative estimate of drug-likeness (QED) is 0.560. The van der Waals surface area contributed by atoms with Gasteiger partial charge in [-0.15, -0.1) is 11.8 Å². The first-order valence-corrected chi connectivity index (χ1v) is 8.69. The zero-order valence-electron chi connectivity index (χ0n) is 13.0. The molecule has 0 spiro atoms. The van der Waals surface area contributed by atoms with E-state index < -0.39 is 0 Å². The molecule has 1 unspecified atom stereocenters. The van der Waals surface area contributed by atoms with E-state index in [1.165, 1.54) is 22.4 Å². The third kappa shape index (κ3) is 6.36. The van der Waals surface area contributed by atoms with E-state index in [0.717, 1.165) is 18.7 Å². The van der Waals surface area contributed by atoms with Crippen LogP contribution in [0.1, 0.15) is 24.5 Å². The van der Waals surface area contributed by atoms with Gasteiger partial charge in [-0.2, -0.15) is 0 Å². The highest BCUT2D eigenvalue weighted by Crippen LogP contribution is 2.16. The lowest BCUT2D eigenvalue weighted by Crippen LogP contribution is -2.28. The third-order valence-corrected chi connectivity index (χ3v) is 4.57. The van der Waals surface area contributed by atoms with Crippen LogP contribution in [0.4, 0.5) is 0 Å². The first-order chi connectivity index (χ1) is 10.2. The van der Waals surface area contributed by atoms with Crippen molar-refractivity contribution in [1.29, 1.82) is 0 Å². The van der Waals surface area contributed by atoms with Gasteiger partial charge in [-0.05, 0) is 44.4 Å². The summed E-state index contributed by atoms with van der Waals surface area (Å²) in [6.07, 6.45) is 2.35. The highest BCUT2D eigenvalue weighted by Gasteiger charge is 2.02. The Balaban J connectivity index is 1.60. The van der Waals surface area contributed by atoms with E-state index >= 15 is 0 Å². The van der Waals surface area contributed by atoms with Crippen LogP contribution in [-0.2, 0) is 6.42 Å². The van der Waals surface area contributed by atoms with E-state index in [9.17, 15) is 0 Å². The second-order valence-corrected chi connectivity index (χ2v) is 6.71. The maximum atomic E-state index is 3.62. The van der Waals surface area contributed by atoms with Gasteiger partial charge < -0.3 is 5.32 Å². The molecule has 0 fully saturated rings. The maximum Gasteiger partial charge on any atom is 0.0106 e. The van der Waals surface area contributed by atoms with Crippen LogP contribution in [0.3, 0.4) is 0 Å². The number of nitrogens with one attached hydrogen (secondary N) is 1. The average Bonchev–Trinajstić information content (AvgIpc) is 2.51. The van der Waals surface area contributed by atoms with Crippen molar-refractivity contribution in [3.8, 4) is 0 Å². The Bertz CT molecular complexity index is 524. The molecule has 0 bridgehead atoms. The van der Waals surface area contributed by atoms with Crippen molar-refractivity contribution in [3.05, 3.63) is 65.7 Å². The van der Waals surface area contributed by atoms with Gasteiger partial charge in [-0.25, -0.2) is 0 Å². The summed E-state index contributed by atoms with van der Waals surface area (Å²) in [7, 11) is 0. The van der Waals surface area contributed by atoms with Crippen molar-refractivity contribution >= 4 is 11.8 Å². The van der Waals surface area contributed by atoms with E-state index in [1.807, 2.05) is 11.8 Å². The lowest BCUT2D eigenvalue weighted by atomic mass is 10.0. The maximum absolute atomic E-state index is 3.62. The molecule has 0 aromatic heterocycles. The van der Waals surface area contributed by atoms with E-state index in [-0.39, 0.29) is 0 Å². The summed E-state index contributed by atoms with van der Waals surface area (Å²) in [5.74, 6) is 1.12. The Morgan fingerprint density at radius 1 is 1.05 bits per heavy atom. The fourth-order valence-corrected chi connectivity index (χ4v) is 3.15. The number of aryl methyl sites for hydroxylation is 2. The number of rotatable bonds is 8. The molecule has 0 heterocycles. The van der Waals surface area contributed by atoms with Gasteiger partial charge in [0.05, 0.1) is 0 Å². The second kappa shape index (κ2) is 8.91. The minimum Gasteiger partial charge on any atom is -0.313 e. The molecule has 0 aliphatic rings. The summed E-state index contributed by atoms with van der Waals surface area (Å²) in [5, 5.41) is 3.62. The molecular weight excluding hydrogens is 274 g/mol. The lowest BCUT2D eigenvalue weighted by molar-refractivity contribution is 0.532. The lowest BCUT2D eigenvalue weighted by Gasteiger charge is -2.13. The third-order valence-electron chi connectivity index (χ3n) is 3.56. The smallest absolute Gasteiger partial charge is 0.0106 e. The normalized spacial score (nSPS) is 12.3. The van der Waals surface area contributed by atoms with Crippen LogP contribution < -0.4 is 5.32 Å². The summed E-state index contributed by atoms with van der Waals surface area (Å²) in [4.78, 5) is 1.35. The first-order valence-electron chi connectivity index (χ1n) is 7.71. The fourth-order valence-electron chi connectivity index (χ4n) is 2.34. The monoisotopic (exact) mass is 299 g/mol. The molecule has 0 aliphatic carbocycles. The Hall–Kier alpha value is -1.25. The molecule has 2 aromatic carbocycles. The number of thioether (sulfide) groups is 1. The zero-order valence-corrected chi connectivity index (χ0v) is 13.8. The Morgan fingerprint density at radius 2 is 1.86 bits per heavy atom. The van der Waals surface area contributed by atoms with Gasteiger partial charge in [-0.3, -0.25) is 0 Å². The van der Waals surface area contributed by atoms with Crippen LogP contribution in [0.2, 0.25) is 0 Å². The topological polar surface area (TPSA) is 12.0 Å². The number of hydrogen-bond donors (Lipinski definition) is 1. The summed E-state index contributed by atoms with van der Waals surface area (Å²) in [5.41, 5.74) is 2.80. The van der Waals surface area contributed by atoms with E-state index in [2.05, 4.69) is 73.8 Å². The van der Waals surface area contributed by atoms with E-state index in [4.69, 9.17) is 0 Å². The molecule has 2 heteroatoms. The van der Waals surface area contributed by atoms with Crippen molar-refractivity contribution in [2.45, 2.75) is 37.6 Å². The van der Waals surface area contributed by atoms with Gasteiger partial charge in [0.2, 0.25) is 0 Å². The van der Waals surface area contributed by atoms with Crippen LogP contribution >= 0.6 is 11.8 Å². The molecule has 0 aliphatic heterocycles. The summed E-state index contributed by atoms with van der Waals surface area (Å²) >= 11 is 1.92. The Labute approximate surface area is 133 Å². The first kappa shape index (κ1) is 16.1. The molecule has 1 atom stereocenters. The second-order valence-electron chi connectivity index (χ2n) is 5.54. The van der Waals surface area contributed by atoms with Gasteiger partial charge >= 0.3 is 0 Å². The molecule has 0 amide bonds. The van der Waals surface area contributed by atoms with Crippen molar-refractivity contribution in [1.82, 2.24) is 5.32 Å². The predicted octanol–water partition coefficient (Wildman–Crippen LogP) is 4.70. The van der Waals surface area contributed by atoms with Crippen molar-refractivity contribution in [2.75, 3.05) is 12.3 Å². The minimum absolute atomic E-state index is 0.571. The SMILES string of the molecule is Cc1cccc(CCC(C)NCCSc2ccccc2)c1. The molecule has 2 aromatic rings. The van der Waals surface area contributed by atoms with Gasteiger partial charge in [0.1, 0.15) is 0 Å². The summed E-state index contributed by atoms with van der Waals surface area (Å²) in [6, 6.07) is 20.0. The molecule has 0 radical (unpaired) electrons. The summed E-state index contributed by atoms with van der Waals surface area (Å²) in [6.45, 7) is 5.50. The number of hydrogen-bond acceptors (Lipinski definition) is 2. The molecule has 2 rings (SSSR count). The Kier molecular flexibility index (Phi) is 6.84. The van der Waals surface area contributed by atoms with E-state index in [0.29, 0.717) is 6.04 Å². The molecule has 112 valence electrons. The van der Waals surface area contributed by atoms with Gasteiger partial charge in [-0.1, -0.05) is 48.0 Å². The molecule has 1 nitrogen and oxygen atoms in total. The molecule has 0 saturated carbocycles. The fraction of sp³-hybridized carbons (Fsp3) is 0.368. The number of benzene rings is 2. The van der Waals surface area contributed by atoms with Crippen LogP contribution in [0.15, 0.2) is 59.5 Å². The van der Waals surface area contributed by atoms with Crippen molar-refractivity contribution in [3.63, 3.8) is 0 Å². The van der Waals surface area contributed by atoms with Crippen molar-refractivity contribution in [2.24, 2.45) is 0 Å². The minimum atomic E-state index is 0.571. The van der Waals surface area contributed by atoms with Crippen LogP contribution in [-0.4, -0.2) is 18.3 Å². The largest absolute Gasteiger partial charge is 0.313 e. The van der Waals surface area contributed by atoms with Gasteiger partial charge in [0, 0.05) is 23.2 Å². The van der Waals surface area contributed by atoms with Crippen LogP contribution in [0.5, 0.6) is 0 Å². The highest BCUT2D eigenvalue weighted by molar-refractivity contribution is 7.99. The Morgan fingerprint density at radius 3 is 2.62 bits per heavy atom. The molecule has 1 N–H and O–H groups in total. The molecule has 0 saturated heterocycles. The molecule has 21 heavy (non-hydrogen) atoms. The molecular formula is C19H25NS. The van der Waals surface area contributed by atoms with Gasteiger partial charge in [0.15, 0.2) is 0 Å². The summed E-state index contributed by atoms with van der Waals surface area (Å²) < 4.78 is 0. The van der Waals surface area contributed by atoms with Crippen LogP contribution in [0.25, 0.3) is 0 Å². The zero-order chi connectivity index (χ0) is 14.9. The average molecular weight is 299 g/mol.